The molecule has 0 amide bonds. The van der Waals surface area contributed by atoms with Crippen LogP contribution in [-0.4, -0.2) is 13.1 Å². The summed E-state index contributed by atoms with van der Waals surface area (Å²) in [6, 6.07) is 6.08. The first-order valence-corrected chi connectivity index (χ1v) is 8.50. The summed E-state index contributed by atoms with van der Waals surface area (Å²) < 4.78 is 0. The van der Waals surface area contributed by atoms with E-state index in [9.17, 15) is 0 Å². The van der Waals surface area contributed by atoms with Gasteiger partial charge in [-0.1, -0.05) is 49.5 Å². The van der Waals surface area contributed by atoms with Crippen molar-refractivity contribution < 1.29 is 0 Å². The zero-order valence-electron chi connectivity index (χ0n) is 12.5. The van der Waals surface area contributed by atoms with Gasteiger partial charge in [0.05, 0.1) is 10.0 Å². The van der Waals surface area contributed by atoms with E-state index in [1.165, 1.54) is 24.8 Å². The summed E-state index contributed by atoms with van der Waals surface area (Å²) in [6.07, 6.45) is 5.17. The van der Waals surface area contributed by atoms with Crippen molar-refractivity contribution >= 4 is 23.2 Å². The third kappa shape index (κ3) is 4.38. The van der Waals surface area contributed by atoms with E-state index in [1.54, 1.807) is 0 Å². The van der Waals surface area contributed by atoms with Gasteiger partial charge in [0.25, 0.3) is 0 Å². The Morgan fingerprint density at radius 2 is 1.95 bits per heavy atom. The first kappa shape index (κ1) is 16.1. The molecule has 0 aromatic heterocycles. The Labute approximate surface area is 133 Å². The summed E-state index contributed by atoms with van der Waals surface area (Å²) in [7, 11) is 0. The highest BCUT2D eigenvalue weighted by atomic mass is 35.5. The molecule has 1 fully saturated rings. The lowest BCUT2D eigenvalue weighted by Crippen LogP contribution is -2.33. The average molecular weight is 314 g/mol. The highest BCUT2D eigenvalue weighted by molar-refractivity contribution is 6.42. The Bertz CT molecular complexity index is 431. The van der Waals surface area contributed by atoms with E-state index < -0.39 is 0 Å². The van der Waals surface area contributed by atoms with Crippen LogP contribution in [0, 0.1) is 17.8 Å². The largest absolute Gasteiger partial charge is 0.317 e. The molecule has 0 spiro atoms. The SMILES string of the molecule is CCNCC1CCC(C)CC1Cc1ccc(Cl)c(Cl)c1. The lowest BCUT2D eigenvalue weighted by Gasteiger charge is -2.35. The topological polar surface area (TPSA) is 12.0 Å². The van der Waals surface area contributed by atoms with Gasteiger partial charge < -0.3 is 5.32 Å². The molecule has 1 nitrogen and oxygen atoms in total. The summed E-state index contributed by atoms with van der Waals surface area (Å²) in [5.74, 6) is 2.40. The number of benzene rings is 1. The maximum atomic E-state index is 6.14. The van der Waals surface area contributed by atoms with Gasteiger partial charge in [-0.25, -0.2) is 0 Å². The molecule has 1 aliphatic carbocycles. The van der Waals surface area contributed by atoms with Gasteiger partial charge in [-0.2, -0.15) is 0 Å². The summed E-state index contributed by atoms with van der Waals surface area (Å²) in [5.41, 5.74) is 1.32. The minimum absolute atomic E-state index is 0.650. The van der Waals surface area contributed by atoms with Gasteiger partial charge in [0.2, 0.25) is 0 Å². The van der Waals surface area contributed by atoms with Crippen molar-refractivity contribution in [1.29, 1.82) is 0 Å². The quantitative estimate of drug-likeness (QED) is 0.788. The van der Waals surface area contributed by atoms with Gasteiger partial charge in [0, 0.05) is 0 Å². The Morgan fingerprint density at radius 1 is 1.15 bits per heavy atom. The van der Waals surface area contributed by atoms with Gasteiger partial charge in [0.15, 0.2) is 0 Å². The molecule has 3 unspecified atom stereocenters. The normalized spacial score (nSPS) is 26.7. The minimum Gasteiger partial charge on any atom is -0.317 e. The van der Waals surface area contributed by atoms with Crippen LogP contribution in [-0.2, 0) is 6.42 Å². The van der Waals surface area contributed by atoms with Gasteiger partial charge in [0.1, 0.15) is 0 Å². The maximum absolute atomic E-state index is 6.14. The molecular weight excluding hydrogens is 289 g/mol. The number of nitrogens with one attached hydrogen (secondary N) is 1. The standard InChI is InChI=1S/C17H25Cl2N/c1-3-20-11-14-6-4-12(2)8-15(14)9-13-5-7-16(18)17(19)10-13/h5,7,10,12,14-15,20H,3-4,6,8-9,11H2,1-2H3. The molecule has 0 aliphatic heterocycles. The average Bonchev–Trinajstić information content (AvgIpc) is 2.42. The van der Waals surface area contributed by atoms with Gasteiger partial charge in [-0.05, 0) is 67.8 Å². The zero-order chi connectivity index (χ0) is 14.5. The first-order valence-electron chi connectivity index (χ1n) is 7.74. The van der Waals surface area contributed by atoms with Crippen molar-refractivity contribution in [3.63, 3.8) is 0 Å². The van der Waals surface area contributed by atoms with Crippen molar-refractivity contribution in [3.05, 3.63) is 33.8 Å². The lowest BCUT2D eigenvalue weighted by molar-refractivity contribution is 0.184. The van der Waals surface area contributed by atoms with E-state index in [1.807, 2.05) is 12.1 Å². The molecule has 112 valence electrons. The third-order valence-electron chi connectivity index (χ3n) is 4.54. The highest BCUT2D eigenvalue weighted by Crippen LogP contribution is 2.36. The molecule has 1 aromatic carbocycles. The number of halogens is 2. The minimum atomic E-state index is 0.650. The summed E-state index contributed by atoms with van der Waals surface area (Å²) in [4.78, 5) is 0. The monoisotopic (exact) mass is 313 g/mol. The molecule has 3 atom stereocenters. The second-order valence-electron chi connectivity index (χ2n) is 6.20. The predicted octanol–water partition coefficient (Wildman–Crippen LogP) is 5.20. The Hall–Kier alpha value is -0.240. The molecule has 2 rings (SSSR count). The number of hydrogen-bond acceptors (Lipinski definition) is 1. The summed E-state index contributed by atoms with van der Waals surface area (Å²) >= 11 is 12.1. The number of rotatable bonds is 5. The van der Waals surface area contributed by atoms with Crippen molar-refractivity contribution in [1.82, 2.24) is 5.32 Å². The van der Waals surface area contributed by atoms with E-state index in [-0.39, 0.29) is 0 Å². The van der Waals surface area contributed by atoms with Gasteiger partial charge in [-0.3, -0.25) is 0 Å². The van der Waals surface area contributed by atoms with Crippen LogP contribution in [0.1, 0.15) is 38.7 Å². The summed E-state index contributed by atoms with van der Waals surface area (Å²) in [5, 5.41) is 4.85. The molecule has 3 heteroatoms. The smallest absolute Gasteiger partial charge is 0.0595 e. The first-order chi connectivity index (χ1) is 9.60. The molecule has 20 heavy (non-hydrogen) atoms. The predicted molar refractivity (Wildman–Crippen MR) is 88.7 cm³/mol. The molecule has 1 aliphatic rings. The molecule has 0 radical (unpaired) electrons. The Balaban J connectivity index is 2.04. The fraction of sp³-hybridized carbons (Fsp3) is 0.647. The van der Waals surface area contributed by atoms with E-state index in [0.29, 0.717) is 10.0 Å². The van der Waals surface area contributed by atoms with Crippen LogP contribution in [0.15, 0.2) is 18.2 Å². The van der Waals surface area contributed by atoms with Gasteiger partial charge in [-0.15, -0.1) is 0 Å². The molecule has 0 bridgehead atoms. The van der Waals surface area contributed by atoms with Crippen molar-refractivity contribution in [3.8, 4) is 0 Å². The molecule has 1 N–H and O–H groups in total. The fourth-order valence-electron chi connectivity index (χ4n) is 3.38. The van der Waals surface area contributed by atoms with Crippen LogP contribution in [0.4, 0.5) is 0 Å². The molecular formula is C17H25Cl2N. The fourth-order valence-corrected chi connectivity index (χ4v) is 3.70. The summed E-state index contributed by atoms with van der Waals surface area (Å²) in [6.45, 7) is 6.77. The van der Waals surface area contributed by atoms with Crippen LogP contribution in [0.5, 0.6) is 0 Å². The maximum Gasteiger partial charge on any atom is 0.0595 e. The van der Waals surface area contributed by atoms with Crippen LogP contribution < -0.4 is 5.32 Å². The highest BCUT2D eigenvalue weighted by Gasteiger charge is 2.28. The number of hydrogen-bond donors (Lipinski definition) is 1. The molecule has 1 saturated carbocycles. The van der Waals surface area contributed by atoms with Crippen LogP contribution in [0.2, 0.25) is 10.0 Å². The lowest BCUT2D eigenvalue weighted by atomic mass is 9.72. The van der Waals surface area contributed by atoms with Crippen LogP contribution >= 0.6 is 23.2 Å². The molecule has 0 saturated heterocycles. The second kappa shape index (κ2) is 7.68. The van der Waals surface area contributed by atoms with E-state index in [2.05, 4.69) is 25.2 Å². The van der Waals surface area contributed by atoms with Crippen molar-refractivity contribution in [2.24, 2.45) is 17.8 Å². The Morgan fingerprint density at radius 3 is 2.65 bits per heavy atom. The zero-order valence-corrected chi connectivity index (χ0v) is 14.0. The van der Waals surface area contributed by atoms with Crippen LogP contribution in [0.3, 0.4) is 0 Å². The van der Waals surface area contributed by atoms with Crippen molar-refractivity contribution in [2.75, 3.05) is 13.1 Å². The van der Waals surface area contributed by atoms with E-state index in [0.717, 1.165) is 37.3 Å². The molecule has 0 heterocycles. The van der Waals surface area contributed by atoms with E-state index in [4.69, 9.17) is 23.2 Å². The Kier molecular flexibility index (Phi) is 6.20. The molecule has 1 aromatic rings. The van der Waals surface area contributed by atoms with Crippen LogP contribution in [0.25, 0.3) is 0 Å². The van der Waals surface area contributed by atoms with Gasteiger partial charge >= 0.3 is 0 Å². The van der Waals surface area contributed by atoms with E-state index >= 15 is 0 Å². The van der Waals surface area contributed by atoms with Crippen molar-refractivity contribution in [2.45, 2.75) is 39.5 Å². The third-order valence-corrected chi connectivity index (χ3v) is 5.28. The second-order valence-corrected chi connectivity index (χ2v) is 7.01.